The third kappa shape index (κ3) is 4.40. The number of carbonyl (C=O) groups is 2. The minimum Gasteiger partial charge on any atom is -0.375 e. The Bertz CT molecular complexity index is 751. The van der Waals surface area contributed by atoms with Crippen molar-refractivity contribution in [3.8, 4) is 0 Å². The average molecular weight is 340 g/mol. The molecule has 2 aromatic rings. The predicted octanol–water partition coefficient (Wildman–Crippen LogP) is 1.65. The molecule has 0 radical (unpaired) electrons. The summed E-state index contributed by atoms with van der Waals surface area (Å²) in [5, 5.41) is 8.75. The normalized spacial score (nSPS) is 19.9. The van der Waals surface area contributed by atoms with Crippen LogP contribution < -0.4 is 16.0 Å². The van der Waals surface area contributed by atoms with Crippen LogP contribution in [0.1, 0.15) is 17.3 Å². The maximum atomic E-state index is 12.4. The average Bonchev–Trinajstić information content (AvgIpc) is 2.63. The fourth-order valence-corrected chi connectivity index (χ4v) is 2.62. The number of hydrogen-bond acceptors (Lipinski definition) is 5. The summed E-state index contributed by atoms with van der Waals surface area (Å²) in [5.74, 6) is -0.436. The van der Waals surface area contributed by atoms with Crippen molar-refractivity contribution in [2.75, 3.05) is 23.8 Å². The van der Waals surface area contributed by atoms with Gasteiger partial charge in [0.25, 0.3) is 5.91 Å². The van der Waals surface area contributed by atoms with E-state index >= 15 is 0 Å². The molecule has 25 heavy (non-hydrogen) atoms. The highest BCUT2D eigenvalue weighted by molar-refractivity contribution is 6.05. The Hall–Kier alpha value is -2.77. The van der Waals surface area contributed by atoms with E-state index in [-0.39, 0.29) is 17.9 Å². The van der Waals surface area contributed by atoms with Crippen LogP contribution in [0.5, 0.6) is 0 Å². The Balaban J connectivity index is 1.66. The Morgan fingerprint density at radius 2 is 1.96 bits per heavy atom. The van der Waals surface area contributed by atoms with Gasteiger partial charge < -0.3 is 20.7 Å². The number of morpholine rings is 1. The summed E-state index contributed by atoms with van der Waals surface area (Å²) in [7, 11) is 0. The summed E-state index contributed by atoms with van der Waals surface area (Å²) in [6.45, 7) is 3.08. The van der Waals surface area contributed by atoms with Crippen molar-refractivity contribution in [2.24, 2.45) is 0 Å². The first-order valence-corrected chi connectivity index (χ1v) is 8.11. The molecule has 0 bridgehead atoms. The van der Waals surface area contributed by atoms with E-state index in [0.717, 1.165) is 0 Å². The summed E-state index contributed by atoms with van der Waals surface area (Å²) in [6, 6.07) is 9.81. The van der Waals surface area contributed by atoms with Crippen LogP contribution in [-0.4, -0.2) is 42.1 Å². The second kappa shape index (κ2) is 7.87. The number of aromatic nitrogens is 1. The SMILES string of the molecule is C[C@H]1OCCN[C@@H]1C(=O)Nc1cccc(C(=O)Nc2ccncc2)c1. The third-order valence-corrected chi connectivity index (χ3v) is 3.93. The van der Waals surface area contributed by atoms with Crippen LogP contribution in [-0.2, 0) is 9.53 Å². The third-order valence-electron chi connectivity index (χ3n) is 3.93. The van der Waals surface area contributed by atoms with Gasteiger partial charge in [-0.1, -0.05) is 6.07 Å². The fraction of sp³-hybridized carbons (Fsp3) is 0.278. The molecule has 2 heterocycles. The number of carbonyl (C=O) groups excluding carboxylic acids is 2. The van der Waals surface area contributed by atoms with Crippen molar-refractivity contribution < 1.29 is 14.3 Å². The van der Waals surface area contributed by atoms with Gasteiger partial charge in [-0.25, -0.2) is 0 Å². The monoisotopic (exact) mass is 340 g/mol. The molecule has 2 atom stereocenters. The highest BCUT2D eigenvalue weighted by atomic mass is 16.5. The van der Waals surface area contributed by atoms with Crippen LogP contribution in [0.4, 0.5) is 11.4 Å². The Labute approximate surface area is 145 Å². The number of hydrogen-bond donors (Lipinski definition) is 3. The molecule has 0 saturated carbocycles. The lowest BCUT2D eigenvalue weighted by atomic mass is 10.1. The topological polar surface area (TPSA) is 92.4 Å². The quantitative estimate of drug-likeness (QED) is 0.787. The molecule has 0 aliphatic carbocycles. The largest absolute Gasteiger partial charge is 0.375 e. The first kappa shape index (κ1) is 17.1. The minimum absolute atomic E-state index is 0.182. The number of ether oxygens (including phenoxy) is 1. The standard InChI is InChI=1S/C18H20N4O3/c1-12-16(20-9-10-25-12)18(24)22-15-4-2-3-13(11-15)17(23)21-14-5-7-19-8-6-14/h2-8,11-12,16,20H,9-10H2,1H3,(H,22,24)(H,19,21,23)/t12-,16+/m1/s1. The molecular formula is C18H20N4O3. The number of nitrogens with one attached hydrogen (secondary N) is 3. The van der Waals surface area contributed by atoms with Crippen LogP contribution >= 0.6 is 0 Å². The Kier molecular flexibility index (Phi) is 5.37. The second-order valence-corrected chi connectivity index (χ2v) is 5.77. The molecule has 0 unspecified atom stereocenters. The molecular weight excluding hydrogens is 320 g/mol. The van der Waals surface area contributed by atoms with Gasteiger partial charge in [0.15, 0.2) is 0 Å². The molecule has 3 rings (SSSR count). The molecule has 7 nitrogen and oxygen atoms in total. The van der Waals surface area contributed by atoms with E-state index in [4.69, 9.17) is 4.74 Å². The molecule has 3 N–H and O–H groups in total. The molecule has 2 amide bonds. The van der Waals surface area contributed by atoms with Crippen LogP contribution in [0.25, 0.3) is 0 Å². The predicted molar refractivity (Wildman–Crippen MR) is 94.5 cm³/mol. The maximum absolute atomic E-state index is 12.4. The van der Waals surface area contributed by atoms with Gasteiger partial charge in [0.05, 0.1) is 12.7 Å². The second-order valence-electron chi connectivity index (χ2n) is 5.77. The first-order valence-electron chi connectivity index (χ1n) is 8.11. The van der Waals surface area contributed by atoms with Gasteiger partial charge in [-0.2, -0.15) is 0 Å². The van der Waals surface area contributed by atoms with Crippen molar-refractivity contribution in [3.63, 3.8) is 0 Å². The van der Waals surface area contributed by atoms with Gasteiger partial charge in [0, 0.05) is 35.9 Å². The minimum atomic E-state index is -0.414. The van der Waals surface area contributed by atoms with Crippen LogP contribution in [0.2, 0.25) is 0 Å². The number of pyridine rings is 1. The lowest BCUT2D eigenvalue weighted by molar-refractivity contribution is -0.123. The number of rotatable bonds is 4. The van der Waals surface area contributed by atoms with Gasteiger partial charge in [-0.3, -0.25) is 14.6 Å². The van der Waals surface area contributed by atoms with Crippen LogP contribution in [0, 0.1) is 0 Å². The molecule has 130 valence electrons. The van der Waals surface area contributed by atoms with E-state index in [2.05, 4.69) is 20.9 Å². The zero-order valence-electron chi connectivity index (χ0n) is 13.9. The van der Waals surface area contributed by atoms with Crippen molar-refractivity contribution in [1.29, 1.82) is 0 Å². The zero-order chi connectivity index (χ0) is 17.6. The lowest BCUT2D eigenvalue weighted by Gasteiger charge is -2.29. The molecule has 1 aromatic heterocycles. The van der Waals surface area contributed by atoms with Gasteiger partial charge in [-0.15, -0.1) is 0 Å². The fourth-order valence-electron chi connectivity index (χ4n) is 2.62. The number of amides is 2. The molecule has 0 spiro atoms. The van der Waals surface area contributed by atoms with Crippen molar-refractivity contribution in [1.82, 2.24) is 10.3 Å². The lowest BCUT2D eigenvalue weighted by Crippen LogP contribution is -2.53. The molecule has 1 aromatic carbocycles. The smallest absolute Gasteiger partial charge is 0.255 e. The van der Waals surface area contributed by atoms with Crippen LogP contribution in [0.3, 0.4) is 0 Å². The van der Waals surface area contributed by atoms with E-state index in [1.54, 1.807) is 48.8 Å². The van der Waals surface area contributed by atoms with Crippen molar-refractivity contribution in [2.45, 2.75) is 19.1 Å². The van der Waals surface area contributed by atoms with E-state index in [0.29, 0.717) is 30.1 Å². The summed E-state index contributed by atoms with van der Waals surface area (Å²) in [4.78, 5) is 28.6. The van der Waals surface area contributed by atoms with Gasteiger partial charge in [0.1, 0.15) is 6.04 Å². The molecule has 7 heteroatoms. The highest BCUT2D eigenvalue weighted by Gasteiger charge is 2.28. The zero-order valence-corrected chi connectivity index (χ0v) is 13.9. The van der Waals surface area contributed by atoms with Gasteiger partial charge in [0.2, 0.25) is 5.91 Å². The highest BCUT2D eigenvalue weighted by Crippen LogP contribution is 2.15. The summed E-state index contributed by atoms with van der Waals surface area (Å²) in [6.07, 6.45) is 3.01. The van der Waals surface area contributed by atoms with E-state index in [1.807, 2.05) is 6.92 Å². The summed E-state index contributed by atoms with van der Waals surface area (Å²) < 4.78 is 5.49. The van der Waals surface area contributed by atoms with Crippen molar-refractivity contribution in [3.05, 3.63) is 54.4 Å². The molecule has 1 aliphatic rings. The van der Waals surface area contributed by atoms with Crippen molar-refractivity contribution >= 4 is 23.2 Å². The summed E-state index contributed by atoms with van der Waals surface area (Å²) >= 11 is 0. The van der Waals surface area contributed by atoms with E-state index < -0.39 is 6.04 Å². The molecule has 1 fully saturated rings. The van der Waals surface area contributed by atoms with Gasteiger partial charge in [-0.05, 0) is 37.3 Å². The Morgan fingerprint density at radius 3 is 2.72 bits per heavy atom. The van der Waals surface area contributed by atoms with E-state index in [9.17, 15) is 9.59 Å². The van der Waals surface area contributed by atoms with E-state index in [1.165, 1.54) is 0 Å². The summed E-state index contributed by atoms with van der Waals surface area (Å²) in [5.41, 5.74) is 1.68. The maximum Gasteiger partial charge on any atom is 0.255 e. The number of nitrogens with zero attached hydrogens (tertiary/aromatic N) is 1. The number of benzene rings is 1. The molecule has 1 saturated heterocycles. The Morgan fingerprint density at radius 1 is 1.16 bits per heavy atom. The van der Waals surface area contributed by atoms with Crippen LogP contribution in [0.15, 0.2) is 48.8 Å². The van der Waals surface area contributed by atoms with Gasteiger partial charge >= 0.3 is 0 Å². The first-order chi connectivity index (χ1) is 12.1. The number of anilines is 2. The molecule has 1 aliphatic heterocycles.